The molecule has 0 saturated heterocycles. The first kappa shape index (κ1) is 14.0. The Morgan fingerprint density at radius 2 is 2.05 bits per heavy atom. The Bertz CT molecular complexity index is 739. The summed E-state index contributed by atoms with van der Waals surface area (Å²) in [5, 5.41) is 13.3. The lowest BCUT2D eigenvalue weighted by Gasteiger charge is -2.22. The molecule has 2 heterocycles. The molecule has 6 N–H and O–H groups in total. The number of H-pyrrole nitrogens is 1. The van der Waals surface area contributed by atoms with Gasteiger partial charge in [-0.3, -0.25) is 4.98 Å². The highest BCUT2D eigenvalue weighted by Gasteiger charge is 2.11. The molecule has 0 aliphatic rings. The van der Waals surface area contributed by atoms with Crippen molar-refractivity contribution in [2.24, 2.45) is 0 Å². The second-order valence-corrected chi connectivity index (χ2v) is 4.55. The highest BCUT2D eigenvalue weighted by atomic mass is 16.5. The number of aromatic amines is 1. The zero-order valence-corrected chi connectivity index (χ0v) is 11.0. The molecule has 0 fully saturated rings. The molecule has 1 atom stereocenters. The molecule has 2 aromatic heterocycles. The normalized spacial score (nSPS) is 12.1. The van der Waals surface area contributed by atoms with Crippen molar-refractivity contribution in [3.05, 3.63) is 53.6 Å². The number of nitrogens with zero attached hydrogens (tertiary/aromatic N) is 1. The van der Waals surface area contributed by atoms with Crippen LogP contribution in [-0.4, -0.2) is 15.4 Å². The van der Waals surface area contributed by atoms with Crippen molar-refractivity contribution in [1.82, 2.24) is 9.97 Å². The lowest BCUT2D eigenvalue weighted by atomic mass is 10.2. The smallest absolute Gasteiger partial charge is 0.177 e. The van der Waals surface area contributed by atoms with E-state index in [0.717, 1.165) is 16.6 Å². The Morgan fingerprint density at radius 1 is 1.25 bits per heavy atom. The third-order valence-corrected chi connectivity index (χ3v) is 3.12. The minimum Gasteiger partial charge on any atom is -0.623 e. The number of aromatic nitrogens is 2. The molecule has 0 radical (unpaired) electrons. The van der Waals surface area contributed by atoms with Crippen molar-refractivity contribution < 1.29 is 10.5 Å². The van der Waals surface area contributed by atoms with Gasteiger partial charge in [0.25, 0.3) is 0 Å². The number of hydrogen-bond donors (Lipinski definition) is 3. The summed E-state index contributed by atoms with van der Waals surface area (Å²) < 4.78 is 0. The molecule has 0 aliphatic heterocycles. The van der Waals surface area contributed by atoms with E-state index in [9.17, 15) is 5.21 Å². The molecular weight excluding hydrogens is 256 g/mol. The Kier molecular flexibility index (Phi) is 3.71. The third-order valence-electron chi connectivity index (χ3n) is 3.12. The first-order valence-corrected chi connectivity index (χ1v) is 5.99. The minimum absolute atomic E-state index is 0. The largest absolute Gasteiger partial charge is 0.623 e. The van der Waals surface area contributed by atoms with E-state index in [2.05, 4.69) is 9.97 Å². The van der Waals surface area contributed by atoms with Crippen molar-refractivity contribution in [3.63, 3.8) is 0 Å². The number of nitrogens with two attached hydrogens (primary N) is 1. The van der Waals surface area contributed by atoms with E-state index in [1.807, 2.05) is 25.1 Å². The molecule has 104 valence electrons. The van der Waals surface area contributed by atoms with Gasteiger partial charge in [-0.2, -0.15) is 0 Å². The Balaban J connectivity index is 0.00000147. The Morgan fingerprint density at radius 3 is 2.80 bits per heavy atom. The van der Waals surface area contributed by atoms with Crippen LogP contribution in [-0.2, 0) is 0 Å². The maximum atomic E-state index is 12.4. The van der Waals surface area contributed by atoms with Gasteiger partial charge in [0.1, 0.15) is 5.69 Å². The molecule has 0 amide bonds. The van der Waals surface area contributed by atoms with E-state index in [-0.39, 0.29) is 10.5 Å². The molecule has 20 heavy (non-hydrogen) atoms. The number of benzene rings is 1. The monoisotopic (exact) mass is 272 g/mol. The number of aryl methyl sites for hydroxylation is 1. The average molecular weight is 272 g/mol. The fourth-order valence-corrected chi connectivity index (χ4v) is 2.17. The van der Waals surface area contributed by atoms with Gasteiger partial charge < -0.3 is 26.5 Å². The van der Waals surface area contributed by atoms with Gasteiger partial charge in [0, 0.05) is 34.9 Å². The van der Waals surface area contributed by atoms with Crippen molar-refractivity contribution in [1.29, 1.82) is 0 Å². The summed E-state index contributed by atoms with van der Waals surface area (Å²) in [6.45, 7) is 1.99. The van der Waals surface area contributed by atoms with Crippen LogP contribution in [0.3, 0.4) is 0 Å². The van der Waals surface area contributed by atoms with Gasteiger partial charge in [-0.25, -0.2) is 0 Å². The van der Waals surface area contributed by atoms with E-state index in [1.54, 1.807) is 18.3 Å². The van der Waals surface area contributed by atoms with Crippen LogP contribution in [0.2, 0.25) is 0 Å². The zero-order chi connectivity index (χ0) is 13.4. The average Bonchev–Trinajstić information content (AvgIpc) is 2.77. The summed E-state index contributed by atoms with van der Waals surface area (Å²) in [7, 11) is 0. The molecule has 0 bridgehead atoms. The topological polar surface area (TPSA) is 114 Å². The molecule has 0 saturated carbocycles. The van der Waals surface area contributed by atoms with Gasteiger partial charge in [-0.15, -0.1) is 0 Å². The number of quaternary nitrogens is 1. The van der Waals surface area contributed by atoms with Crippen LogP contribution in [0.1, 0.15) is 5.69 Å². The number of rotatable bonds is 2. The third kappa shape index (κ3) is 2.35. The predicted molar refractivity (Wildman–Crippen MR) is 78.9 cm³/mol. The summed E-state index contributed by atoms with van der Waals surface area (Å²) in [4.78, 5) is 7.18. The van der Waals surface area contributed by atoms with Crippen molar-refractivity contribution in [2.45, 2.75) is 6.92 Å². The first-order chi connectivity index (χ1) is 9.15. The first-order valence-electron chi connectivity index (χ1n) is 5.99. The van der Waals surface area contributed by atoms with Gasteiger partial charge >= 0.3 is 0 Å². The summed E-state index contributed by atoms with van der Waals surface area (Å²) >= 11 is 0. The highest BCUT2D eigenvalue weighted by Crippen LogP contribution is 2.20. The van der Waals surface area contributed by atoms with E-state index in [1.165, 1.54) is 6.20 Å². The number of hydrogen-bond acceptors (Lipinski definition) is 3. The molecular formula is C14H16N4O2. The molecule has 6 heteroatoms. The van der Waals surface area contributed by atoms with Gasteiger partial charge in [0.05, 0.1) is 11.9 Å². The zero-order valence-electron chi connectivity index (χ0n) is 11.0. The molecule has 0 spiro atoms. The summed E-state index contributed by atoms with van der Waals surface area (Å²) in [6, 6.07) is 9.22. The molecule has 3 rings (SSSR count). The van der Waals surface area contributed by atoms with E-state index >= 15 is 0 Å². The van der Waals surface area contributed by atoms with Gasteiger partial charge in [0.15, 0.2) is 5.69 Å². The van der Waals surface area contributed by atoms with E-state index in [0.29, 0.717) is 17.1 Å². The second-order valence-electron chi connectivity index (χ2n) is 4.55. The van der Waals surface area contributed by atoms with Crippen LogP contribution < -0.4 is 10.8 Å². The standard InChI is InChI=1S/C14H14N4O.H2O/c1-9-6-10-7-11(2-3-13(10)17-9)18(19)14-8-16-5-4-12(14)15;/h2-8,17-18H,1H3,(H2,15,16);1H2. The summed E-state index contributed by atoms with van der Waals surface area (Å²) in [6.07, 6.45) is 3.08. The van der Waals surface area contributed by atoms with Crippen LogP contribution in [0.4, 0.5) is 17.1 Å². The second kappa shape index (κ2) is 5.30. The molecule has 6 nitrogen and oxygen atoms in total. The van der Waals surface area contributed by atoms with Crippen LogP contribution in [0.5, 0.6) is 0 Å². The number of pyridine rings is 1. The molecule has 1 aromatic carbocycles. The van der Waals surface area contributed by atoms with E-state index in [4.69, 9.17) is 5.73 Å². The van der Waals surface area contributed by atoms with Crippen molar-refractivity contribution in [3.8, 4) is 0 Å². The molecule has 3 aromatic rings. The van der Waals surface area contributed by atoms with Crippen LogP contribution in [0.25, 0.3) is 10.9 Å². The van der Waals surface area contributed by atoms with Crippen LogP contribution in [0, 0.1) is 12.1 Å². The number of nitrogen functional groups attached to an aromatic ring is 1. The Labute approximate surface area is 115 Å². The number of anilines is 1. The van der Waals surface area contributed by atoms with E-state index < -0.39 is 0 Å². The van der Waals surface area contributed by atoms with Gasteiger partial charge in [-0.05, 0) is 25.1 Å². The van der Waals surface area contributed by atoms with Crippen molar-refractivity contribution >= 4 is 28.0 Å². The fourth-order valence-electron chi connectivity index (χ4n) is 2.17. The number of fused-ring (bicyclic) bond motifs is 1. The minimum atomic E-state index is -0.105. The lowest BCUT2D eigenvalue weighted by Crippen LogP contribution is -2.96. The number of nitrogens with one attached hydrogen (secondary N) is 2. The maximum Gasteiger partial charge on any atom is 0.177 e. The quantitative estimate of drug-likeness (QED) is 0.604. The van der Waals surface area contributed by atoms with Crippen LogP contribution >= 0.6 is 0 Å². The SMILES string of the molecule is Cc1cc2cc([NH+]([O-])c3cnccc3N)ccc2[nH]1.O. The maximum absolute atomic E-state index is 12.4. The molecule has 0 aliphatic carbocycles. The lowest BCUT2D eigenvalue weighted by molar-refractivity contribution is -0.697. The van der Waals surface area contributed by atoms with Gasteiger partial charge in [0.2, 0.25) is 0 Å². The van der Waals surface area contributed by atoms with Crippen LogP contribution in [0.15, 0.2) is 42.7 Å². The highest BCUT2D eigenvalue weighted by molar-refractivity contribution is 5.82. The summed E-state index contributed by atoms with van der Waals surface area (Å²) in [5.74, 6) is 0. The fraction of sp³-hybridized carbons (Fsp3) is 0.0714. The Hall–Kier alpha value is -2.41. The van der Waals surface area contributed by atoms with Gasteiger partial charge in [-0.1, -0.05) is 0 Å². The summed E-state index contributed by atoms with van der Waals surface area (Å²) in [5.41, 5.74) is 9.41. The predicted octanol–water partition coefficient (Wildman–Crippen LogP) is 0.975. The van der Waals surface area contributed by atoms with Crippen molar-refractivity contribution in [2.75, 3.05) is 5.73 Å². The molecule has 1 unspecified atom stereocenters.